The number of methoxy groups -OCH3 is 1. The van der Waals surface area contributed by atoms with E-state index in [1.807, 2.05) is 0 Å². The largest absolute Gasteiger partial charge is 0.497 e. The first-order chi connectivity index (χ1) is 24.2. The molecule has 51 heavy (non-hydrogen) atoms. The van der Waals surface area contributed by atoms with Crippen LogP contribution in [0, 0.1) is 12.7 Å². The molecule has 5 aromatic rings. The number of amides is 2. The Kier molecular flexibility index (Phi) is 10.7. The molecule has 14 heteroatoms. The number of ether oxygens (including phenoxy) is 4. The monoisotopic (exact) mass is 699 g/mol. The highest BCUT2D eigenvalue weighted by molar-refractivity contribution is 6.05. The van der Waals surface area contributed by atoms with Crippen molar-refractivity contribution < 1.29 is 37.7 Å². The second-order valence-corrected chi connectivity index (χ2v) is 12.5. The molecule has 0 bridgehead atoms. The minimum absolute atomic E-state index is 0.0153. The minimum atomic E-state index is -0.782. The number of hydrogen-bond donors (Lipinski definition) is 2. The molecule has 0 saturated heterocycles. The first kappa shape index (κ1) is 36.1. The number of anilines is 1. The lowest BCUT2D eigenvalue weighted by molar-refractivity contribution is -0.147. The number of carbonyl (C=O) groups excluding carboxylic acids is 3. The van der Waals surface area contributed by atoms with Gasteiger partial charge in [0.1, 0.15) is 35.3 Å². The van der Waals surface area contributed by atoms with Gasteiger partial charge in [0.25, 0.3) is 11.5 Å². The molecule has 2 amide bonds. The summed E-state index contributed by atoms with van der Waals surface area (Å²) in [5, 5.41) is 5.60. The molecule has 0 saturated carbocycles. The van der Waals surface area contributed by atoms with Crippen LogP contribution in [0.5, 0.6) is 17.2 Å². The average Bonchev–Trinajstić information content (AvgIpc) is 3.32. The Hall–Kier alpha value is -6.18. The minimum Gasteiger partial charge on any atom is -0.497 e. The molecule has 1 atom stereocenters. The standard InChI is InChI=1S/C37H38FN5O8/c1-22(49-32(44)20-40-36(47)51-37(3,4)5)21-42-23(2)33(35(46)43(42)25-10-8-7-9-11-25)34(45)41-24-12-15-31(28(38)18-24)50-30-16-17-39-29-19-26(48-6)13-14-27(29)30/h7-19,22H,20-21H2,1-6H3,(H,40,47)(H,41,45)/t22-/m1/s1. The maximum absolute atomic E-state index is 15.3. The van der Waals surface area contributed by atoms with Gasteiger partial charge in [-0.25, -0.2) is 13.9 Å². The Bertz CT molecular complexity index is 2140. The third kappa shape index (κ3) is 8.71. The fourth-order valence-corrected chi connectivity index (χ4v) is 5.25. The predicted octanol–water partition coefficient (Wildman–Crippen LogP) is 6.14. The van der Waals surface area contributed by atoms with E-state index in [1.54, 1.807) is 96.3 Å². The number of carbonyl (C=O) groups is 3. The lowest BCUT2D eigenvalue weighted by Crippen LogP contribution is -2.37. The molecule has 0 fully saturated rings. The number of aromatic nitrogens is 3. The first-order valence-corrected chi connectivity index (χ1v) is 16.0. The van der Waals surface area contributed by atoms with Crippen molar-refractivity contribution in [2.75, 3.05) is 19.0 Å². The third-order valence-corrected chi connectivity index (χ3v) is 7.48. The van der Waals surface area contributed by atoms with Crippen molar-refractivity contribution >= 4 is 34.6 Å². The van der Waals surface area contributed by atoms with E-state index in [1.165, 1.54) is 27.7 Å². The van der Waals surface area contributed by atoms with Crippen LogP contribution in [-0.4, -0.2) is 57.7 Å². The molecule has 0 aliphatic heterocycles. The Balaban J connectivity index is 1.34. The van der Waals surface area contributed by atoms with E-state index in [0.29, 0.717) is 28.1 Å². The van der Waals surface area contributed by atoms with Gasteiger partial charge in [-0.2, -0.15) is 0 Å². The van der Waals surface area contributed by atoms with Crippen molar-refractivity contribution in [3.8, 4) is 22.9 Å². The van der Waals surface area contributed by atoms with Crippen molar-refractivity contribution in [1.29, 1.82) is 0 Å². The first-order valence-electron chi connectivity index (χ1n) is 16.0. The van der Waals surface area contributed by atoms with Crippen molar-refractivity contribution in [1.82, 2.24) is 19.7 Å². The maximum Gasteiger partial charge on any atom is 0.408 e. The topological polar surface area (TPSA) is 152 Å². The molecule has 3 aromatic carbocycles. The zero-order chi connectivity index (χ0) is 36.9. The van der Waals surface area contributed by atoms with Crippen LogP contribution in [0.15, 0.2) is 83.8 Å². The zero-order valence-corrected chi connectivity index (χ0v) is 29.0. The van der Waals surface area contributed by atoms with E-state index in [4.69, 9.17) is 18.9 Å². The highest BCUT2D eigenvalue weighted by atomic mass is 19.1. The van der Waals surface area contributed by atoms with Gasteiger partial charge in [0.15, 0.2) is 11.6 Å². The van der Waals surface area contributed by atoms with Crippen LogP contribution in [0.1, 0.15) is 43.7 Å². The molecule has 2 heterocycles. The molecule has 0 aliphatic carbocycles. The van der Waals surface area contributed by atoms with Crippen molar-refractivity contribution in [3.05, 3.63) is 106 Å². The molecular formula is C37H38FN5O8. The van der Waals surface area contributed by atoms with E-state index >= 15 is 4.39 Å². The zero-order valence-electron chi connectivity index (χ0n) is 29.0. The smallest absolute Gasteiger partial charge is 0.408 e. The van der Waals surface area contributed by atoms with Crippen molar-refractivity contribution in [2.45, 2.75) is 52.9 Å². The van der Waals surface area contributed by atoms with E-state index in [-0.39, 0.29) is 29.2 Å². The Morgan fingerprint density at radius 2 is 1.73 bits per heavy atom. The summed E-state index contributed by atoms with van der Waals surface area (Å²) in [6, 6.07) is 19.4. The Morgan fingerprint density at radius 1 is 0.980 bits per heavy atom. The molecule has 0 radical (unpaired) electrons. The highest BCUT2D eigenvalue weighted by Crippen LogP contribution is 2.33. The molecule has 13 nitrogen and oxygen atoms in total. The summed E-state index contributed by atoms with van der Waals surface area (Å²) < 4.78 is 39.9. The average molecular weight is 700 g/mol. The van der Waals surface area contributed by atoms with Gasteiger partial charge < -0.3 is 29.6 Å². The number of pyridine rings is 1. The van der Waals surface area contributed by atoms with E-state index in [0.717, 1.165) is 6.07 Å². The van der Waals surface area contributed by atoms with Crippen LogP contribution in [0.4, 0.5) is 14.9 Å². The number of hydrogen-bond acceptors (Lipinski definition) is 9. The molecule has 266 valence electrons. The SMILES string of the molecule is COc1ccc2c(Oc3ccc(NC(=O)c4c(C)n(C[C@@H](C)OC(=O)CNC(=O)OC(C)(C)C)n(-c5ccccc5)c4=O)cc3F)ccnc2c1. The lowest BCUT2D eigenvalue weighted by Gasteiger charge is -2.20. The van der Waals surface area contributed by atoms with Gasteiger partial charge >= 0.3 is 12.1 Å². The van der Waals surface area contributed by atoms with E-state index < -0.39 is 47.6 Å². The lowest BCUT2D eigenvalue weighted by atomic mass is 10.2. The van der Waals surface area contributed by atoms with Crippen LogP contribution in [-0.2, 0) is 20.8 Å². The second kappa shape index (κ2) is 15.2. The maximum atomic E-state index is 15.3. The Labute approximate surface area is 292 Å². The summed E-state index contributed by atoms with van der Waals surface area (Å²) in [5.74, 6) is -1.35. The summed E-state index contributed by atoms with van der Waals surface area (Å²) in [6.45, 7) is 7.84. The predicted molar refractivity (Wildman–Crippen MR) is 187 cm³/mol. The summed E-state index contributed by atoms with van der Waals surface area (Å²) >= 11 is 0. The molecule has 0 unspecified atom stereocenters. The van der Waals surface area contributed by atoms with Gasteiger partial charge in [-0.05, 0) is 77.1 Å². The van der Waals surface area contributed by atoms with Crippen LogP contribution >= 0.6 is 0 Å². The number of nitrogens with one attached hydrogen (secondary N) is 2. The molecule has 2 N–H and O–H groups in total. The quantitative estimate of drug-likeness (QED) is 0.155. The van der Waals surface area contributed by atoms with Gasteiger partial charge in [0, 0.05) is 29.4 Å². The van der Waals surface area contributed by atoms with Crippen LogP contribution < -0.4 is 25.7 Å². The number of para-hydroxylation sites is 1. The van der Waals surface area contributed by atoms with Gasteiger partial charge in [-0.3, -0.25) is 24.0 Å². The number of nitrogens with zero attached hydrogens (tertiary/aromatic N) is 3. The summed E-state index contributed by atoms with van der Waals surface area (Å²) in [7, 11) is 1.55. The molecule has 0 aliphatic rings. The number of fused-ring (bicyclic) bond motifs is 1. The molecular weight excluding hydrogens is 661 g/mol. The van der Waals surface area contributed by atoms with Crippen LogP contribution in [0.2, 0.25) is 0 Å². The number of esters is 1. The number of alkyl carbamates (subject to hydrolysis) is 1. The van der Waals surface area contributed by atoms with Gasteiger partial charge in [-0.15, -0.1) is 0 Å². The fourth-order valence-electron chi connectivity index (χ4n) is 5.25. The van der Waals surface area contributed by atoms with Crippen LogP contribution in [0.25, 0.3) is 16.6 Å². The molecule has 0 spiro atoms. The van der Waals surface area contributed by atoms with Gasteiger partial charge in [0.2, 0.25) is 0 Å². The summed E-state index contributed by atoms with van der Waals surface area (Å²) in [5.41, 5.74) is -0.140. The molecule has 5 rings (SSSR count). The second-order valence-electron chi connectivity index (χ2n) is 12.5. The van der Waals surface area contributed by atoms with Crippen molar-refractivity contribution in [3.63, 3.8) is 0 Å². The number of halogens is 1. The van der Waals surface area contributed by atoms with E-state index in [9.17, 15) is 19.2 Å². The van der Waals surface area contributed by atoms with Crippen LogP contribution in [0.3, 0.4) is 0 Å². The number of rotatable bonds is 11. The Morgan fingerprint density at radius 3 is 2.41 bits per heavy atom. The summed E-state index contributed by atoms with van der Waals surface area (Å²) in [4.78, 5) is 56.2. The summed E-state index contributed by atoms with van der Waals surface area (Å²) in [6.07, 6.45) is -0.0159. The van der Waals surface area contributed by atoms with Gasteiger partial charge in [-0.1, -0.05) is 18.2 Å². The normalized spacial score (nSPS) is 11.8. The van der Waals surface area contributed by atoms with Crippen molar-refractivity contribution in [2.24, 2.45) is 0 Å². The highest BCUT2D eigenvalue weighted by Gasteiger charge is 2.26. The molecule has 2 aromatic heterocycles. The fraction of sp³-hybridized carbons (Fsp3) is 0.270. The number of benzene rings is 3. The van der Waals surface area contributed by atoms with E-state index in [2.05, 4.69) is 15.6 Å². The van der Waals surface area contributed by atoms with Gasteiger partial charge in [0.05, 0.1) is 30.6 Å². The third-order valence-electron chi connectivity index (χ3n) is 7.48.